The molecule has 1 atom stereocenters. The zero-order chi connectivity index (χ0) is 21.9. The molecule has 0 radical (unpaired) electrons. The van der Waals surface area contributed by atoms with Crippen LogP contribution in [0.2, 0.25) is 0 Å². The lowest BCUT2D eigenvalue weighted by molar-refractivity contribution is -0.385. The molecular weight excluding hydrogens is 394 g/mol. The van der Waals surface area contributed by atoms with E-state index in [1.165, 1.54) is 19.1 Å². The van der Waals surface area contributed by atoms with Crippen LogP contribution in [0.15, 0.2) is 36.4 Å². The van der Waals surface area contributed by atoms with Gasteiger partial charge >= 0.3 is 0 Å². The van der Waals surface area contributed by atoms with Crippen LogP contribution in [-0.4, -0.2) is 31.5 Å². The highest BCUT2D eigenvalue weighted by Gasteiger charge is 2.32. The first-order chi connectivity index (χ1) is 13.5. The zero-order valence-corrected chi connectivity index (χ0v) is 17.9. The van der Waals surface area contributed by atoms with Gasteiger partial charge in [-0.25, -0.2) is 8.42 Å². The molecule has 0 saturated carbocycles. The van der Waals surface area contributed by atoms with Crippen molar-refractivity contribution >= 4 is 33.0 Å². The summed E-state index contributed by atoms with van der Waals surface area (Å²) in [5.74, 6) is -0.556. The molecule has 0 fully saturated rings. The van der Waals surface area contributed by atoms with Crippen molar-refractivity contribution in [1.82, 2.24) is 0 Å². The number of hydrogen-bond acceptors (Lipinski definition) is 5. The summed E-state index contributed by atoms with van der Waals surface area (Å²) in [6.45, 7) is 7.03. The van der Waals surface area contributed by atoms with E-state index in [2.05, 4.69) is 5.32 Å². The number of carbonyl (C=O) groups excluding carboxylic acids is 1. The lowest BCUT2D eigenvalue weighted by atomic mass is 10.1. The lowest BCUT2D eigenvalue weighted by Crippen LogP contribution is -2.47. The van der Waals surface area contributed by atoms with Crippen molar-refractivity contribution in [3.63, 3.8) is 0 Å². The Hall–Kier alpha value is -2.94. The van der Waals surface area contributed by atoms with Crippen molar-refractivity contribution in [3.05, 3.63) is 63.2 Å². The van der Waals surface area contributed by atoms with Gasteiger partial charge in [-0.1, -0.05) is 19.1 Å². The monoisotopic (exact) mass is 419 g/mol. The van der Waals surface area contributed by atoms with Crippen LogP contribution in [0.4, 0.5) is 17.1 Å². The number of nitro groups is 1. The Balaban J connectivity index is 2.45. The van der Waals surface area contributed by atoms with Crippen LogP contribution in [0.1, 0.15) is 30.0 Å². The van der Waals surface area contributed by atoms with Gasteiger partial charge < -0.3 is 5.32 Å². The van der Waals surface area contributed by atoms with Crippen molar-refractivity contribution in [1.29, 1.82) is 0 Å². The minimum atomic E-state index is -3.76. The predicted octanol–water partition coefficient (Wildman–Crippen LogP) is 3.70. The van der Waals surface area contributed by atoms with E-state index in [4.69, 9.17) is 0 Å². The number of benzene rings is 2. The molecule has 0 bridgehead atoms. The van der Waals surface area contributed by atoms with E-state index in [0.717, 1.165) is 21.7 Å². The SMILES string of the molecule is CC[C@@H](C(=O)Nc1cccc([N+](=O)[O-])c1C)N(c1ccc(C)c(C)c1)S(C)(=O)=O. The summed E-state index contributed by atoms with van der Waals surface area (Å²) in [6, 6.07) is 8.56. The molecule has 2 aromatic rings. The smallest absolute Gasteiger partial charge is 0.274 e. The molecule has 156 valence electrons. The van der Waals surface area contributed by atoms with Crippen LogP contribution in [0.25, 0.3) is 0 Å². The molecule has 2 rings (SSSR count). The highest BCUT2D eigenvalue weighted by molar-refractivity contribution is 7.92. The van der Waals surface area contributed by atoms with Crippen LogP contribution >= 0.6 is 0 Å². The minimum absolute atomic E-state index is 0.120. The third-order valence-electron chi connectivity index (χ3n) is 4.83. The van der Waals surface area contributed by atoms with Crippen molar-refractivity contribution in [2.45, 2.75) is 40.2 Å². The molecule has 0 spiro atoms. The molecular formula is C20H25N3O5S. The molecule has 0 aromatic heterocycles. The second-order valence-electron chi connectivity index (χ2n) is 6.95. The highest BCUT2D eigenvalue weighted by Crippen LogP contribution is 2.28. The van der Waals surface area contributed by atoms with Gasteiger partial charge in [-0.3, -0.25) is 19.2 Å². The summed E-state index contributed by atoms with van der Waals surface area (Å²) in [5, 5.41) is 13.8. The molecule has 29 heavy (non-hydrogen) atoms. The largest absolute Gasteiger partial charge is 0.324 e. The van der Waals surface area contributed by atoms with Gasteiger partial charge in [-0.2, -0.15) is 0 Å². The molecule has 0 unspecified atom stereocenters. The molecule has 0 heterocycles. The Kier molecular flexibility index (Phi) is 6.63. The van der Waals surface area contributed by atoms with E-state index in [-0.39, 0.29) is 17.8 Å². The van der Waals surface area contributed by atoms with Crippen LogP contribution in [-0.2, 0) is 14.8 Å². The molecule has 1 N–H and O–H groups in total. The number of nitro benzene ring substituents is 1. The van der Waals surface area contributed by atoms with Gasteiger partial charge in [0.05, 0.1) is 28.1 Å². The Morgan fingerprint density at radius 3 is 2.34 bits per heavy atom. The molecule has 1 amide bonds. The first-order valence-corrected chi connectivity index (χ1v) is 10.9. The van der Waals surface area contributed by atoms with E-state index >= 15 is 0 Å². The average molecular weight is 420 g/mol. The van der Waals surface area contributed by atoms with Gasteiger partial charge in [0.1, 0.15) is 6.04 Å². The maximum Gasteiger partial charge on any atom is 0.274 e. The molecule has 0 saturated heterocycles. The van der Waals surface area contributed by atoms with Gasteiger partial charge in [0, 0.05) is 6.07 Å². The maximum atomic E-state index is 13.0. The van der Waals surface area contributed by atoms with E-state index in [1.807, 2.05) is 13.8 Å². The minimum Gasteiger partial charge on any atom is -0.324 e. The number of carbonyl (C=O) groups is 1. The summed E-state index contributed by atoms with van der Waals surface area (Å²) in [7, 11) is -3.76. The fourth-order valence-corrected chi connectivity index (χ4v) is 4.30. The number of nitrogens with one attached hydrogen (secondary N) is 1. The number of hydrogen-bond donors (Lipinski definition) is 1. The Morgan fingerprint density at radius 1 is 1.17 bits per heavy atom. The van der Waals surface area contributed by atoms with E-state index in [0.29, 0.717) is 11.3 Å². The van der Waals surface area contributed by atoms with Crippen LogP contribution in [0.3, 0.4) is 0 Å². The van der Waals surface area contributed by atoms with Crippen molar-refractivity contribution < 1.29 is 18.1 Å². The number of amides is 1. The van der Waals surface area contributed by atoms with Crippen molar-refractivity contribution in [3.8, 4) is 0 Å². The van der Waals surface area contributed by atoms with Gasteiger partial charge in [0.2, 0.25) is 15.9 Å². The fourth-order valence-electron chi connectivity index (χ4n) is 3.10. The van der Waals surface area contributed by atoms with Crippen molar-refractivity contribution in [2.24, 2.45) is 0 Å². The number of anilines is 2. The highest BCUT2D eigenvalue weighted by atomic mass is 32.2. The Labute approximate surface area is 170 Å². The van der Waals surface area contributed by atoms with Crippen molar-refractivity contribution in [2.75, 3.05) is 15.9 Å². The normalized spacial score (nSPS) is 12.3. The topological polar surface area (TPSA) is 110 Å². The number of rotatable bonds is 7. The standard InChI is InChI=1S/C20H25N3O5S/c1-6-18(20(24)21-17-8-7-9-19(15(17)4)23(25)26)22(29(5,27)28)16-11-10-13(2)14(3)12-16/h7-12,18H,6H2,1-5H3,(H,21,24)/t18-/m0/s1. The Morgan fingerprint density at radius 2 is 1.83 bits per heavy atom. The molecule has 0 aliphatic carbocycles. The second kappa shape index (κ2) is 8.60. The summed E-state index contributed by atoms with van der Waals surface area (Å²) < 4.78 is 26.2. The van der Waals surface area contributed by atoms with Gasteiger partial charge in [-0.15, -0.1) is 0 Å². The van der Waals surface area contributed by atoms with E-state index in [9.17, 15) is 23.3 Å². The first kappa shape index (κ1) is 22.4. The quantitative estimate of drug-likeness (QED) is 0.543. The van der Waals surface area contributed by atoms with Gasteiger partial charge in [-0.05, 0) is 56.5 Å². The van der Waals surface area contributed by atoms with E-state index in [1.54, 1.807) is 31.2 Å². The molecule has 0 aliphatic rings. The zero-order valence-electron chi connectivity index (χ0n) is 17.1. The summed E-state index contributed by atoms with van der Waals surface area (Å²) in [6.07, 6.45) is 1.27. The maximum absolute atomic E-state index is 13.0. The Bertz CT molecular complexity index is 1050. The number of sulfonamides is 1. The van der Waals surface area contributed by atoms with Crippen LogP contribution < -0.4 is 9.62 Å². The molecule has 2 aromatic carbocycles. The molecule has 9 heteroatoms. The summed E-state index contributed by atoms with van der Waals surface area (Å²) in [5.41, 5.74) is 2.76. The van der Waals surface area contributed by atoms with Gasteiger partial charge in [0.15, 0.2) is 0 Å². The van der Waals surface area contributed by atoms with E-state index < -0.39 is 26.9 Å². The second-order valence-corrected chi connectivity index (χ2v) is 8.81. The van der Waals surface area contributed by atoms with Crippen LogP contribution in [0, 0.1) is 30.9 Å². The van der Waals surface area contributed by atoms with Crippen LogP contribution in [0.5, 0.6) is 0 Å². The molecule has 8 nitrogen and oxygen atoms in total. The predicted molar refractivity (Wildman–Crippen MR) is 114 cm³/mol. The summed E-state index contributed by atoms with van der Waals surface area (Å²) in [4.78, 5) is 23.6. The average Bonchev–Trinajstić information content (AvgIpc) is 2.62. The first-order valence-electron chi connectivity index (χ1n) is 9.08. The summed E-state index contributed by atoms with van der Waals surface area (Å²) >= 11 is 0. The lowest BCUT2D eigenvalue weighted by Gasteiger charge is -2.30. The number of nitrogens with zero attached hydrogens (tertiary/aromatic N) is 2. The number of aryl methyl sites for hydroxylation is 2. The molecule has 0 aliphatic heterocycles. The van der Waals surface area contributed by atoms with Gasteiger partial charge in [0.25, 0.3) is 5.69 Å². The third kappa shape index (κ3) is 4.92. The third-order valence-corrected chi connectivity index (χ3v) is 6.01. The fraction of sp³-hybridized carbons (Fsp3) is 0.350.